The molecule has 0 fully saturated rings. The van der Waals surface area contributed by atoms with Crippen molar-refractivity contribution in [3.8, 4) is 5.69 Å². The lowest BCUT2D eigenvalue weighted by Gasteiger charge is -2.12. The van der Waals surface area contributed by atoms with Crippen molar-refractivity contribution in [1.29, 1.82) is 0 Å². The van der Waals surface area contributed by atoms with Gasteiger partial charge >= 0.3 is 0 Å². The fraction of sp³-hybridized carbons (Fsp3) is 0.0952. The summed E-state index contributed by atoms with van der Waals surface area (Å²) in [5, 5.41) is 14.9. The molecule has 0 saturated carbocycles. The first-order valence-electron chi connectivity index (χ1n) is 8.78. The minimum Gasteiger partial charge on any atom is -0.345 e. The van der Waals surface area contributed by atoms with E-state index in [1.54, 1.807) is 12.1 Å². The molecule has 0 saturated heterocycles. The van der Waals surface area contributed by atoms with Crippen LogP contribution in [0.3, 0.4) is 0 Å². The first-order valence-corrected chi connectivity index (χ1v) is 10.8. The Bertz CT molecular complexity index is 1200. The van der Waals surface area contributed by atoms with Gasteiger partial charge in [-0.15, -0.1) is 10.2 Å². The van der Waals surface area contributed by atoms with Gasteiger partial charge in [-0.1, -0.05) is 71.4 Å². The summed E-state index contributed by atoms with van der Waals surface area (Å²) in [7, 11) is 0. The fourth-order valence-corrected chi connectivity index (χ4v) is 3.92. The number of fused-ring (bicyclic) bond motifs is 1. The maximum Gasteiger partial charge on any atom is 0.252 e. The highest BCUT2D eigenvalue weighted by Gasteiger charge is 2.16. The molecule has 0 aliphatic rings. The summed E-state index contributed by atoms with van der Waals surface area (Å²) in [6, 6.07) is 18.8. The van der Waals surface area contributed by atoms with E-state index < -0.39 is 0 Å². The summed E-state index contributed by atoms with van der Waals surface area (Å²) in [5.41, 5.74) is 1.40. The normalized spacial score (nSPS) is 11.0. The second kappa shape index (κ2) is 8.45. The van der Waals surface area contributed by atoms with E-state index in [0.29, 0.717) is 26.6 Å². The maximum atomic E-state index is 12.8. The average Bonchev–Trinajstić information content (AvgIpc) is 3.16. The Balaban J connectivity index is 1.62. The van der Waals surface area contributed by atoms with Crippen LogP contribution in [0.1, 0.15) is 16.2 Å². The Morgan fingerprint density at radius 2 is 1.83 bits per heavy atom. The van der Waals surface area contributed by atoms with E-state index in [9.17, 15) is 4.79 Å². The van der Waals surface area contributed by atoms with Gasteiger partial charge in [0.2, 0.25) is 0 Å². The highest BCUT2D eigenvalue weighted by Crippen LogP contribution is 2.27. The van der Waals surface area contributed by atoms with E-state index in [-0.39, 0.29) is 12.5 Å². The molecule has 146 valence electrons. The van der Waals surface area contributed by atoms with Crippen LogP contribution in [-0.2, 0) is 6.54 Å². The molecule has 5 nitrogen and oxygen atoms in total. The molecule has 1 heterocycles. The molecule has 4 rings (SSSR count). The van der Waals surface area contributed by atoms with Crippen molar-refractivity contribution in [2.24, 2.45) is 0 Å². The lowest BCUT2D eigenvalue weighted by Crippen LogP contribution is -2.25. The van der Waals surface area contributed by atoms with Gasteiger partial charge in [0, 0.05) is 5.56 Å². The fourth-order valence-electron chi connectivity index (χ4n) is 3.11. The first kappa shape index (κ1) is 19.8. The van der Waals surface area contributed by atoms with Crippen molar-refractivity contribution in [2.75, 3.05) is 6.26 Å². The molecular weight excluding hydrogens is 427 g/mol. The number of aromatic nitrogens is 3. The molecule has 29 heavy (non-hydrogen) atoms. The summed E-state index contributed by atoms with van der Waals surface area (Å²) in [4.78, 5) is 12.8. The van der Waals surface area contributed by atoms with E-state index in [2.05, 4.69) is 15.5 Å². The Morgan fingerprint density at radius 3 is 2.62 bits per heavy atom. The highest BCUT2D eigenvalue weighted by molar-refractivity contribution is 7.98. The van der Waals surface area contributed by atoms with Crippen molar-refractivity contribution >= 4 is 51.6 Å². The SMILES string of the molecule is CSc1nnc(CNC(=O)c2cccc3ccccc23)n1-c1ccc(Cl)c(Cl)c1. The van der Waals surface area contributed by atoms with Crippen molar-refractivity contribution < 1.29 is 4.79 Å². The van der Waals surface area contributed by atoms with Crippen LogP contribution < -0.4 is 5.32 Å². The van der Waals surface area contributed by atoms with Crippen LogP contribution in [-0.4, -0.2) is 26.9 Å². The topological polar surface area (TPSA) is 59.8 Å². The summed E-state index contributed by atoms with van der Waals surface area (Å²) in [5.74, 6) is 0.428. The van der Waals surface area contributed by atoms with E-state index >= 15 is 0 Å². The van der Waals surface area contributed by atoms with Gasteiger partial charge in [-0.2, -0.15) is 0 Å². The molecule has 1 amide bonds. The number of hydrogen-bond acceptors (Lipinski definition) is 4. The average molecular weight is 443 g/mol. The Labute approximate surface area is 182 Å². The van der Waals surface area contributed by atoms with Gasteiger partial charge in [0.25, 0.3) is 5.91 Å². The van der Waals surface area contributed by atoms with Gasteiger partial charge in [0.1, 0.15) is 0 Å². The van der Waals surface area contributed by atoms with Gasteiger partial charge in [-0.25, -0.2) is 0 Å². The van der Waals surface area contributed by atoms with E-state index in [1.165, 1.54) is 11.8 Å². The zero-order chi connectivity index (χ0) is 20.4. The van der Waals surface area contributed by atoms with Crippen LogP contribution >= 0.6 is 35.0 Å². The molecule has 3 aromatic carbocycles. The highest BCUT2D eigenvalue weighted by atomic mass is 35.5. The maximum absolute atomic E-state index is 12.8. The van der Waals surface area contributed by atoms with Crippen LogP contribution in [0.4, 0.5) is 0 Å². The number of nitrogens with zero attached hydrogens (tertiary/aromatic N) is 3. The van der Waals surface area contributed by atoms with Crippen LogP contribution in [0.2, 0.25) is 10.0 Å². The van der Waals surface area contributed by atoms with E-state index in [1.807, 2.05) is 59.4 Å². The second-order valence-corrected chi connectivity index (χ2v) is 7.83. The number of halogens is 2. The van der Waals surface area contributed by atoms with Crippen LogP contribution in [0.5, 0.6) is 0 Å². The summed E-state index contributed by atoms with van der Waals surface area (Å²) in [6.45, 7) is 0.218. The largest absolute Gasteiger partial charge is 0.345 e. The second-order valence-electron chi connectivity index (χ2n) is 6.25. The summed E-state index contributed by atoms with van der Waals surface area (Å²) < 4.78 is 1.86. The molecule has 0 bridgehead atoms. The van der Waals surface area contributed by atoms with Crippen molar-refractivity contribution in [2.45, 2.75) is 11.7 Å². The molecular formula is C21H16Cl2N4OS. The Morgan fingerprint density at radius 1 is 1.03 bits per heavy atom. The van der Waals surface area contributed by atoms with Crippen LogP contribution in [0.25, 0.3) is 16.5 Å². The third-order valence-corrected chi connectivity index (χ3v) is 5.85. The molecule has 0 aliphatic carbocycles. The number of amides is 1. The minimum absolute atomic E-state index is 0.170. The smallest absolute Gasteiger partial charge is 0.252 e. The number of thioether (sulfide) groups is 1. The van der Waals surface area contributed by atoms with Crippen molar-refractivity contribution in [3.05, 3.63) is 82.1 Å². The van der Waals surface area contributed by atoms with Gasteiger partial charge in [0.15, 0.2) is 11.0 Å². The first-order chi connectivity index (χ1) is 14.1. The van der Waals surface area contributed by atoms with Crippen molar-refractivity contribution in [1.82, 2.24) is 20.1 Å². The lowest BCUT2D eigenvalue weighted by molar-refractivity contribution is 0.0951. The predicted octanol–water partition coefficient (Wildman–Crippen LogP) is 5.38. The zero-order valence-electron chi connectivity index (χ0n) is 15.4. The molecule has 0 aliphatic heterocycles. The Hall–Kier alpha value is -2.54. The van der Waals surface area contributed by atoms with E-state index in [0.717, 1.165) is 16.5 Å². The van der Waals surface area contributed by atoms with Crippen LogP contribution in [0.15, 0.2) is 65.8 Å². The standard InChI is InChI=1S/C21H16Cl2N4OS/c1-29-21-26-25-19(27(21)14-9-10-17(22)18(23)11-14)12-24-20(28)16-8-4-6-13-5-2-3-7-15(13)16/h2-11H,12H2,1H3,(H,24,28). The number of rotatable bonds is 5. The monoisotopic (exact) mass is 442 g/mol. The number of nitrogens with one attached hydrogen (secondary N) is 1. The van der Waals surface area contributed by atoms with Crippen LogP contribution in [0, 0.1) is 0 Å². The molecule has 1 aromatic heterocycles. The predicted molar refractivity (Wildman–Crippen MR) is 118 cm³/mol. The summed E-state index contributed by atoms with van der Waals surface area (Å²) in [6.07, 6.45) is 1.91. The minimum atomic E-state index is -0.170. The molecule has 4 aromatic rings. The van der Waals surface area contributed by atoms with Gasteiger partial charge in [-0.05, 0) is 41.3 Å². The quantitative estimate of drug-likeness (QED) is 0.421. The number of benzene rings is 3. The lowest BCUT2D eigenvalue weighted by atomic mass is 10.0. The molecule has 0 spiro atoms. The third kappa shape index (κ3) is 3.96. The third-order valence-electron chi connectivity index (χ3n) is 4.49. The molecule has 0 unspecified atom stereocenters. The molecule has 0 atom stereocenters. The molecule has 1 N–H and O–H groups in total. The van der Waals surface area contributed by atoms with Gasteiger partial charge < -0.3 is 5.32 Å². The number of carbonyl (C=O) groups is 1. The summed E-state index contributed by atoms with van der Waals surface area (Å²) >= 11 is 13.7. The van der Waals surface area contributed by atoms with Gasteiger partial charge in [-0.3, -0.25) is 9.36 Å². The molecule has 8 heteroatoms. The van der Waals surface area contributed by atoms with E-state index in [4.69, 9.17) is 23.2 Å². The molecule has 0 radical (unpaired) electrons. The Kier molecular flexibility index (Phi) is 5.76. The number of carbonyl (C=O) groups excluding carboxylic acids is 1. The van der Waals surface area contributed by atoms with Crippen molar-refractivity contribution in [3.63, 3.8) is 0 Å². The zero-order valence-corrected chi connectivity index (χ0v) is 17.7. The van der Waals surface area contributed by atoms with Gasteiger partial charge in [0.05, 0.1) is 22.3 Å². The number of hydrogen-bond donors (Lipinski definition) is 1.